The van der Waals surface area contributed by atoms with Crippen molar-refractivity contribution in [3.8, 4) is 0 Å². The van der Waals surface area contributed by atoms with Gasteiger partial charge in [0.2, 0.25) is 0 Å². The molecule has 2 heterocycles. The van der Waals surface area contributed by atoms with Gasteiger partial charge in [-0.05, 0) is 48.6 Å². The van der Waals surface area contributed by atoms with E-state index in [9.17, 15) is 18.0 Å². The van der Waals surface area contributed by atoms with Crippen LogP contribution in [0.2, 0.25) is 0 Å². The molecule has 0 spiro atoms. The van der Waals surface area contributed by atoms with Gasteiger partial charge in [0, 0.05) is 12.7 Å². The minimum absolute atomic E-state index is 0.00684. The highest BCUT2D eigenvalue weighted by Gasteiger charge is 2.32. The van der Waals surface area contributed by atoms with Crippen molar-refractivity contribution in [1.82, 2.24) is 15.2 Å². The lowest BCUT2D eigenvalue weighted by Crippen LogP contribution is -2.34. The first-order valence-corrected chi connectivity index (χ1v) is 7.73. The summed E-state index contributed by atoms with van der Waals surface area (Å²) in [5, 5.41) is 6.68. The minimum atomic E-state index is -4.51. The molecule has 0 fully saturated rings. The molecule has 8 heteroatoms. The van der Waals surface area contributed by atoms with Crippen LogP contribution in [0.4, 0.5) is 13.2 Å². The maximum atomic E-state index is 12.5. The monoisotopic (exact) mass is 343 g/mol. The number of hydrogen-bond donors (Lipinski definition) is 1. The first-order chi connectivity index (χ1) is 10.8. The fourth-order valence-corrected chi connectivity index (χ4v) is 2.76. The highest BCUT2D eigenvalue weighted by molar-refractivity contribution is 7.07. The van der Waals surface area contributed by atoms with Crippen molar-refractivity contribution < 1.29 is 18.0 Å². The molecule has 2 aromatic rings. The van der Waals surface area contributed by atoms with Crippen LogP contribution >= 0.6 is 11.3 Å². The summed E-state index contributed by atoms with van der Waals surface area (Å²) in [6.45, 7) is 0.351. The van der Waals surface area contributed by atoms with Gasteiger partial charge in [0.05, 0.1) is 11.6 Å². The average Bonchev–Trinajstić information content (AvgIpc) is 3.00. The number of likely N-dealkylation sites (N-methyl/N-ethyl adjacent to an activating group) is 1. The summed E-state index contributed by atoms with van der Waals surface area (Å²) in [5.74, 6) is -0.451. The van der Waals surface area contributed by atoms with E-state index in [1.165, 1.54) is 0 Å². The number of nitrogens with one attached hydrogen (secondary N) is 1. The van der Waals surface area contributed by atoms with E-state index in [1.807, 2.05) is 35.8 Å². The van der Waals surface area contributed by atoms with E-state index in [2.05, 4.69) is 10.3 Å². The third-order valence-corrected chi connectivity index (χ3v) is 4.02. The third-order valence-electron chi connectivity index (χ3n) is 3.32. The number of nitrogens with zero attached hydrogens (tertiary/aromatic N) is 2. The molecule has 2 aromatic heterocycles. The standard InChI is InChI=1S/C15H16F3N3OS/c1-21(2)12(11-5-6-23-9-11)8-20-14(22)10-3-4-13(19-7-10)15(16,17)18/h3-7,9,12H,8H2,1-2H3,(H,20,22). The van der Waals surface area contributed by atoms with Gasteiger partial charge in [-0.15, -0.1) is 0 Å². The molecule has 0 aliphatic heterocycles. The van der Waals surface area contributed by atoms with E-state index in [1.54, 1.807) is 11.3 Å². The number of alkyl halides is 3. The van der Waals surface area contributed by atoms with Crippen LogP contribution in [0.5, 0.6) is 0 Å². The largest absolute Gasteiger partial charge is 0.433 e. The Morgan fingerprint density at radius 2 is 2.09 bits per heavy atom. The molecule has 1 amide bonds. The Morgan fingerprint density at radius 1 is 1.35 bits per heavy atom. The van der Waals surface area contributed by atoms with Gasteiger partial charge in [0.1, 0.15) is 5.69 Å². The Bertz CT molecular complexity index is 639. The maximum absolute atomic E-state index is 12.5. The second-order valence-electron chi connectivity index (χ2n) is 5.18. The van der Waals surface area contributed by atoms with Crippen LogP contribution in [0.25, 0.3) is 0 Å². The molecule has 1 unspecified atom stereocenters. The minimum Gasteiger partial charge on any atom is -0.350 e. The SMILES string of the molecule is CN(C)C(CNC(=O)c1ccc(C(F)(F)F)nc1)c1ccsc1. The molecular weight excluding hydrogens is 327 g/mol. The van der Waals surface area contributed by atoms with Crippen LogP contribution in [-0.2, 0) is 6.18 Å². The Labute approximate surface area is 136 Å². The lowest BCUT2D eigenvalue weighted by atomic mass is 10.1. The second kappa shape index (κ2) is 7.10. The smallest absolute Gasteiger partial charge is 0.350 e. The molecule has 0 saturated heterocycles. The van der Waals surface area contributed by atoms with Crippen LogP contribution in [0, 0.1) is 0 Å². The van der Waals surface area contributed by atoms with Gasteiger partial charge >= 0.3 is 6.18 Å². The summed E-state index contributed by atoms with van der Waals surface area (Å²) in [6, 6.07) is 3.89. The fourth-order valence-electron chi connectivity index (χ4n) is 2.05. The van der Waals surface area contributed by atoms with E-state index in [4.69, 9.17) is 0 Å². The number of thiophene rings is 1. The Balaban J connectivity index is 2.01. The average molecular weight is 343 g/mol. The van der Waals surface area contributed by atoms with Gasteiger partial charge in [-0.3, -0.25) is 9.78 Å². The fraction of sp³-hybridized carbons (Fsp3) is 0.333. The van der Waals surface area contributed by atoms with E-state index in [0.29, 0.717) is 6.54 Å². The highest BCUT2D eigenvalue weighted by Crippen LogP contribution is 2.27. The first-order valence-electron chi connectivity index (χ1n) is 6.79. The van der Waals surface area contributed by atoms with Crippen molar-refractivity contribution in [1.29, 1.82) is 0 Å². The normalized spacial score (nSPS) is 13.1. The summed E-state index contributed by atoms with van der Waals surface area (Å²) in [7, 11) is 3.79. The van der Waals surface area contributed by atoms with E-state index in [0.717, 1.165) is 23.9 Å². The van der Waals surface area contributed by atoms with Gasteiger partial charge in [0.15, 0.2) is 0 Å². The van der Waals surface area contributed by atoms with Crippen molar-refractivity contribution in [2.75, 3.05) is 20.6 Å². The number of rotatable bonds is 5. The molecule has 1 N–H and O–H groups in total. The molecule has 0 saturated carbocycles. The van der Waals surface area contributed by atoms with E-state index < -0.39 is 17.8 Å². The summed E-state index contributed by atoms with van der Waals surface area (Å²) in [5.41, 5.74) is 0.158. The lowest BCUT2D eigenvalue weighted by molar-refractivity contribution is -0.141. The Hall–Kier alpha value is -1.93. The van der Waals surface area contributed by atoms with Gasteiger partial charge in [-0.25, -0.2) is 0 Å². The molecule has 0 radical (unpaired) electrons. The second-order valence-corrected chi connectivity index (χ2v) is 5.96. The molecule has 0 aliphatic carbocycles. The predicted octanol–water partition coefficient (Wildman–Crippen LogP) is 3.19. The molecule has 23 heavy (non-hydrogen) atoms. The third kappa shape index (κ3) is 4.52. The zero-order valence-electron chi connectivity index (χ0n) is 12.6. The molecule has 2 rings (SSSR count). The molecule has 0 aromatic carbocycles. The number of amides is 1. The van der Waals surface area contributed by atoms with Crippen molar-refractivity contribution in [3.05, 3.63) is 52.0 Å². The highest BCUT2D eigenvalue weighted by atomic mass is 32.1. The molecule has 0 bridgehead atoms. The predicted molar refractivity (Wildman–Crippen MR) is 82.3 cm³/mol. The number of halogens is 3. The van der Waals surface area contributed by atoms with Crippen LogP contribution in [0.1, 0.15) is 27.7 Å². The van der Waals surface area contributed by atoms with Crippen LogP contribution in [0.15, 0.2) is 35.2 Å². The number of carbonyl (C=O) groups is 1. The van der Waals surface area contributed by atoms with E-state index >= 15 is 0 Å². The zero-order valence-corrected chi connectivity index (χ0v) is 13.4. The maximum Gasteiger partial charge on any atom is 0.433 e. The number of aromatic nitrogens is 1. The van der Waals surface area contributed by atoms with Crippen molar-refractivity contribution in [3.63, 3.8) is 0 Å². The van der Waals surface area contributed by atoms with Gasteiger partial charge in [-0.2, -0.15) is 24.5 Å². The van der Waals surface area contributed by atoms with Crippen molar-refractivity contribution >= 4 is 17.2 Å². The number of hydrogen-bond acceptors (Lipinski definition) is 4. The molecule has 124 valence electrons. The Morgan fingerprint density at radius 3 is 2.57 bits per heavy atom. The summed E-state index contributed by atoms with van der Waals surface area (Å²) in [4.78, 5) is 17.3. The molecule has 1 atom stereocenters. The summed E-state index contributed by atoms with van der Waals surface area (Å²) >= 11 is 1.56. The van der Waals surface area contributed by atoms with Gasteiger partial charge in [-0.1, -0.05) is 0 Å². The van der Waals surface area contributed by atoms with Crippen LogP contribution in [-0.4, -0.2) is 36.4 Å². The number of carbonyl (C=O) groups excluding carboxylic acids is 1. The molecule has 0 aliphatic rings. The quantitative estimate of drug-likeness (QED) is 0.907. The lowest BCUT2D eigenvalue weighted by Gasteiger charge is -2.24. The van der Waals surface area contributed by atoms with E-state index in [-0.39, 0.29) is 11.6 Å². The topological polar surface area (TPSA) is 45.2 Å². The van der Waals surface area contributed by atoms with Crippen molar-refractivity contribution in [2.24, 2.45) is 0 Å². The summed E-state index contributed by atoms with van der Waals surface area (Å²) < 4.78 is 37.4. The van der Waals surface area contributed by atoms with Crippen molar-refractivity contribution in [2.45, 2.75) is 12.2 Å². The molecular formula is C15H16F3N3OS. The summed E-state index contributed by atoms with van der Waals surface area (Å²) in [6.07, 6.45) is -3.57. The zero-order chi connectivity index (χ0) is 17.0. The van der Waals surface area contributed by atoms with Gasteiger partial charge < -0.3 is 10.2 Å². The van der Waals surface area contributed by atoms with Gasteiger partial charge in [0.25, 0.3) is 5.91 Å². The number of pyridine rings is 1. The Kier molecular flexibility index (Phi) is 5.38. The van der Waals surface area contributed by atoms with Crippen LogP contribution < -0.4 is 5.32 Å². The first kappa shape index (κ1) is 17.4. The molecule has 4 nitrogen and oxygen atoms in total. The van der Waals surface area contributed by atoms with Crippen LogP contribution in [0.3, 0.4) is 0 Å².